The Bertz CT molecular complexity index is 439. The molecule has 3 nitrogen and oxygen atoms in total. The van der Waals surface area contributed by atoms with Gasteiger partial charge < -0.3 is 10.2 Å². The molecule has 1 aliphatic rings. The zero-order valence-electron chi connectivity index (χ0n) is 10.9. The number of likely N-dealkylation sites (tertiary alicyclic amines) is 1. The number of benzene rings is 1. The van der Waals surface area contributed by atoms with Crippen LogP contribution < -0.4 is 5.32 Å². The molecule has 1 aromatic rings. The molecule has 1 amide bonds. The van der Waals surface area contributed by atoms with Crippen molar-refractivity contribution >= 4 is 21.8 Å². The molecule has 0 spiro atoms. The number of rotatable bonds is 2. The average Bonchev–Trinajstić information content (AvgIpc) is 2.41. The van der Waals surface area contributed by atoms with Crippen molar-refractivity contribution in [3.05, 3.63) is 33.8 Å². The van der Waals surface area contributed by atoms with Crippen LogP contribution in [0.5, 0.6) is 0 Å². The van der Waals surface area contributed by atoms with Crippen molar-refractivity contribution in [2.24, 2.45) is 0 Å². The molecular weight excluding hydrogens is 292 g/mol. The first-order chi connectivity index (χ1) is 8.63. The van der Waals surface area contributed by atoms with E-state index in [1.165, 1.54) is 0 Å². The van der Waals surface area contributed by atoms with Crippen LogP contribution in [0.25, 0.3) is 0 Å². The first kappa shape index (κ1) is 13.6. The highest BCUT2D eigenvalue weighted by atomic mass is 79.9. The second-order valence-corrected chi connectivity index (χ2v) is 5.62. The topological polar surface area (TPSA) is 32.3 Å². The van der Waals surface area contributed by atoms with Gasteiger partial charge in [-0.15, -0.1) is 0 Å². The van der Waals surface area contributed by atoms with E-state index in [1.54, 1.807) is 0 Å². The molecule has 1 saturated heterocycles. The highest BCUT2D eigenvalue weighted by molar-refractivity contribution is 9.10. The summed E-state index contributed by atoms with van der Waals surface area (Å²) in [4.78, 5) is 14.4. The quantitative estimate of drug-likeness (QED) is 0.910. The summed E-state index contributed by atoms with van der Waals surface area (Å²) in [6.07, 6.45) is 2.07. The van der Waals surface area contributed by atoms with Gasteiger partial charge in [-0.1, -0.05) is 22.0 Å². The molecule has 1 heterocycles. The molecular formula is C14H19BrN2O. The lowest BCUT2D eigenvalue weighted by atomic mass is 10.0. The van der Waals surface area contributed by atoms with E-state index in [4.69, 9.17) is 0 Å². The third-order valence-electron chi connectivity index (χ3n) is 3.69. The van der Waals surface area contributed by atoms with Gasteiger partial charge in [0.15, 0.2) is 0 Å². The number of nitrogens with one attached hydrogen (secondary N) is 1. The lowest BCUT2D eigenvalue weighted by molar-refractivity contribution is 0.0706. The van der Waals surface area contributed by atoms with Crippen LogP contribution in [0.3, 0.4) is 0 Å². The van der Waals surface area contributed by atoms with Crippen LogP contribution in [0.1, 0.15) is 28.8 Å². The van der Waals surface area contributed by atoms with E-state index in [-0.39, 0.29) is 5.91 Å². The molecule has 0 unspecified atom stereocenters. The molecule has 0 aliphatic carbocycles. The molecule has 1 N–H and O–H groups in total. The molecule has 0 saturated carbocycles. The molecule has 18 heavy (non-hydrogen) atoms. The summed E-state index contributed by atoms with van der Waals surface area (Å²) in [5.41, 5.74) is 1.84. The van der Waals surface area contributed by atoms with Crippen LogP contribution in [-0.2, 0) is 0 Å². The SMILES string of the molecule is CNC1CCN(C(=O)c2cccc(Br)c2C)CC1. The smallest absolute Gasteiger partial charge is 0.254 e. The molecule has 0 atom stereocenters. The summed E-state index contributed by atoms with van der Waals surface area (Å²) in [6, 6.07) is 6.36. The third kappa shape index (κ3) is 2.75. The summed E-state index contributed by atoms with van der Waals surface area (Å²) >= 11 is 3.48. The Morgan fingerprint density at radius 1 is 1.39 bits per heavy atom. The van der Waals surface area contributed by atoms with Crippen molar-refractivity contribution in [1.82, 2.24) is 10.2 Å². The average molecular weight is 311 g/mol. The maximum Gasteiger partial charge on any atom is 0.254 e. The van der Waals surface area contributed by atoms with Crippen LogP contribution in [0, 0.1) is 6.92 Å². The molecule has 1 aromatic carbocycles. The Hall–Kier alpha value is -0.870. The fourth-order valence-corrected chi connectivity index (χ4v) is 2.75. The monoisotopic (exact) mass is 310 g/mol. The Balaban J connectivity index is 2.10. The van der Waals surface area contributed by atoms with Crippen molar-refractivity contribution < 1.29 is 4.79 Å². The predicted octanol–water partition coefficient (Wildman–Crippen LogP) is 2.58. The lowest BCUT2D eigenvalue weighted by Gasteiger charge is -2.32. The standard InChI is InChI=1S/C14H19BrN2O/c1-10-12(4-3-5-13(10)15)14(18)17-8-6-11(16-2)7-9-17/h3-5,11,16H,6-9H2,1-2H3. The number of amides is 1. The van der Waals surface area contributed by atoms with Gasteiger partial charge in [-0.3, -0.25) is 4.79 Å². The second kappa shape index (κ2) is 5.85. The van der Waals surface area contributed by atoms with Crippen molar-refractivity contribution in [2.45, 2.75) is 25.8 Å². The van der Waals surface area contributed by atoms with Gasteiger partial charge in [0.1, 0.15) is 0 Å². The fourth-order valence-electron chi connectivity index (χ4n) is 2.38. The van der Waals surface area contributed by atoms with Crippen LogP contribution in [0.2, 0.25) is 0 Å². The molecule has 1 fully saturated rings. The number of hydrogen-bond donors (Lipinski definition) is 1. The number of hydrogen-bond acceptors (Lipinski definition) is 2. The number of nitrogens with zero attached hydrogens (tertiary/aromatic N) is 1. The lowest BCUT2D eigenvalue weighted by Crippen LogP contribution is -2.44. The van der Waals surface area contributed by atoms with E-state index in [0.717, 1.165) is 41.5 Å². The highest BCUT2D eigenvalue weighted by Gasteiger charge is 2.23. The summed E-state index contributed by atoms with van der Waals surface area (Å²) in [5.74, 6) is 0.156. The van der Waals surface area contributed by atoms with Crippen molar-refractivity contribution in [2.75, 3.05) is 20.1 Å². The van der Waals surface area contributed by atoms with E-state index < -0.39 is 0 Å². The first-order valence-corrected chi connectivity index (χ1v) is 7.14. The number of halogens is 1. The van der Waals surface area contributed by atoms with E-state index in [0.29, 0.717) is 6.04 Å². The molecule has 4 heteroatoms. The molecule has 0 bridgehead atoms. The van der Waals surface area contributed by atoms with Gasteiger partial charge in [0, 0.05) is 29.2 Å². The predicted molar refractivity (Wildman–Crippen MR) is 76.9 cm³/mol. The fraction of sp³-hybridized carbons (Fsp3) is 0.500. The van der Waals surface area contributed by atoms with Crippen LogP contribution in [-0.4, -0.2) is 37.0 Å². The number of carbonyl (C=O) groups excluding carboxylic acids is 1. The first-order valence-electron chi connectivity index (χ1n) is 6.35. The Labute approximate surface area is 117 Å². The number of carbonyl (C=O) groups is 1. The molecule has 98 valence electrons. The van der Waals surface area contributed by atoms with Crippen molar-refractivity contribution in [1.29, 1.82) is 0 Å². The maximum absolute atomic E-state index is 12.5. The van der Waals surface area contributed by atoms with Gasteiger partial charge in [0.2, 0.25) is 0 Å². The van der Waals surface area contributed by atoms with Crippen molar-refractivity contribution in [3.63, 3.8) is 0 Å². The highest BCUT2D eigenvalue weighted by Crippen LogP contribution is 2.22. The van der Waals surface area contributed by atoms with Gasteiger partial charge in [-0.2, -0.15) is 0 Å². The van der Waals surface area contributed by atoms with Gasteiger partial charge in [-0.25, -0.2) is 0 Å². The van der Waals surface area contributed by atoms with Crippen LogP contribution in [0.15, 0.2) is 22.7 Å². The molecule has 0 radical (unpaired) electrons. The second-order valence-electron chi connectivity index (χ2n) is 4.77. The Morgan fingerprint density at radius 2 is 2.06 bits per heavy atom. The van der Waals surface area contributed by atoms with E-state index >= 15 is 0 Å². The van der Waals surface area contributed by atoms with E-state index in [2.05, 4.69) is 21.2 Å². The maximum atomic E-state index is 12.5. The zero-order valence-corrected chi connectivity index (χ0v) is 12.5. The molecule has 1 aliphatic heterocycles. The summed E-state index contributed by atoms with van der Waals surface area (Å²) < 4.78 is 0.999. The van der Waals surface area contributed by atoms with Gasteiger partial charge in [0.05, 0.1) is 0 Å². The number of piperidine rings is 1. The summed E-state index contributed by atoms with van der Waals surface area (Å²) in [7, 11) is 1.99. The minimum atomic E-state index is 0.156. The van der Waals surface area contributed by atoms with E-state index in [1.807, 2.05) is 37.1 Å². The van der Waals surface area contributed by atoms with Gasteiger partial charge in [0.25, 0.3) is 5.91 Å². The largest absolute Gasteiger partial charge is 0.339 e. The summed E-state index contributed by atoms with van der Waals surface area (Å²) in [6.45, 7) is 3.67. The Morgan fingerprint density at radius 3 is 2.67 bits per heavy atom. The third-order valence-corrected chi connectivity index (χ3v) is 4.55. The summed E-state index contributed by atoms with van der Waals surface area (Å²) in [5, 5.41) is 3.28. The van der Waals surface area contributed by atoms with Crippen LogP contribution in [0.4, 0.5) is 0 Å². The minimum Gasteiger partial charge on any atom is -0.339 e. The normalized spacial score (nSPS) is 16.9. The zero-order chi connectivity index (χ0) is 13.1. The Kier molecular flexibility index (Phi) is 4.40. The molecule has 0 aromatic heterocycles. The molecule has 2 rings (SSSR count). The van der Waals surface area contributed by atoms with Gasteiger partial charge in [-0.05, 0) is 44.5 Å². The van der Waals surface area contributed by atoms with Gasteiger partial charge >= 0.3 is 0 Å². The minimum absolute atomic E-state index is 0.156. The van der Waals surface area contributed by atoms with Crippen molar-refractivity contribution in [3.8, 4) is 0 Å². The van der Waals surface area contributed by atoms with E-state index in [9.17, 15) is 4.79 Å². The van der Waals surface area contributed by atoms with Crippen LogP contribution >= 0.6 is 15.9 Å².